The van der Waals surface area contributed by atoms with E-state index in [2.05, 4.69) is 15.0 Å². The molecular weight excluding hydrogens is 249 g/mol. The predicted octanol–water partition coefficient (Wildman–Crippen LogP) is 2.64. The lowest BCUT2D eigenvalue weighted by molar-refractivity contribution is -0.177. The van der Waals surface area contributed by atoms with Crippen LogP contribution in [0.25, 0.3) is 0 Å². The monoisotopic (exact) mass is 266 g/mol. The largest absolute Gasteiger partial charge is 0.442 e. The van der Waals surface area contributed by atoms with E-state index in [1.807, 2.05) is 20.8 Å². The average Bonchev–Trinajstić information content (AvgIpc) is 2.60. The lowest BCUT2D eigenvalue weighted by Gasteiger charge is -2.18. The summed E-state index contributed by atoms with van der Waals surface area (Å²) in [5.74, 6) is 0.709. The number of aromatic nitrogens is 1. The third kappa shape index (κ3) is 6.61. The minimum atomic E-state index is -4.32. The maximum absolute atomic E-state index is 11.8. The molecule has 18 heavy (non-hydrogen) atoms. The quantitative estimate of drug-likeness (QED) is 0.890. The molecule has 4 nitrogen and oxygen atoms in total. The highest BCUT2D eigenvalue weighted by Crippen LogP contribution is 2.16. The predicted molar refractivity (Wildman–Crippen MR) is 58.8 cm³/mol. The molecule has 0 aliphatic rings. The first-order chi connectivity index (χ1) is 8.16. The summed E-state index contributed by atoms with van der Waals surface area (Å²) in [4.78, 5) is 3.94. The van der Waals surface area contributed by atoms with E-state index in [0.29, 0.717) is 12.4 Å². The van der Waals surface area contributed by atoms with Crippen LogP contribution in [0.3, 0.4) is 0 Å². The molecule has 0 unspecified atom stereocenters. The Morgan fingerprint density at radius 2 is 2.00 bits per heavy atom. The molecule has 1 heterocycles. The molecule has 7 heteroatoms. The summed E-state index contributed by atoms with van der Waals surface area (Å²) in [6.45, 7) is 4.87. The first-order valence-electron chi connectivity index (χ1n) is 5.49. The van der Waals surface area contributed by atoms with Gasteiger partial charge in [-0.1, -0.05) is 0 Å². The molecule has 0 aliphatic carbocycles. The van der Waals surface area contributed by atoms with Crippen molar-refractivity contribution in [2.45, 2.75) is 45.6 Å². The van der Waals surface area contributed by atoms with Gasteiger partial charge in [-0.05, 0) is 20.8 Å². The topological polar surface area (TPSA) is 47.3 Å². The van der Waals surface area contributed by atoms with E-state index >= 15 is 0 Å². The number of ether oxygens (including phenoxy) is 1. The molecule has 0 saturated heterocycles. The molecule has 1 aromatic heterocycles. The van der Waals surface area contributed by atoms with E-state index < -0.39 is 12.8 Å². The number of rotatable bonds is 5. The number of oxazole rings is 1. The van der Waals surface area contributed by atoms with Crippen molar-refractivity contribution in [3.05, 3.63) is 17.8 Å². The van der Waals surface area contributed by atoms with Gasteiger partial charge >= 0.3 is 6.18 Å². The molecular formula is C11H17F3N2O2. The normalized spacial score (nSPS) is 13.0. The van der Waals surface area contributed by atoms with E-state index in [-0.39, 0.29) is 17.9 Å². The Balaban J connectivity index is 2.35. The van der Waals surface area contributed by atoms with Gasteiger partial charge in [0.1, 0.15) is 19.0 Å². The fraction of sp³-hybridized carbons (Fsp3) is 0.727. The van der Waals surface area contributed by atoms with E-state index in [1.54, 1.807) is 0 Å². The lowest BCUT2D eigenvalue weighted by atomic mass is 10.1. The van der Waals surface area contributed by atoms with Crippen molar-refractivity contribution >= 4 is 0 Å². The van der Waals surface area contributed by atoms with Gasteiger partial charge in [0.15, 0.2) is 0 Å². The van der Waals surface area contributed by atoms with E-state index in [1.165, 1.54) is 6.20 Å². The van der Waals surface area contributed by atoms with Crippen molar-refractivity contribution in [2.24, 2.45) is 0 Å². The van der Waals surface area contributed by atoms with Crippen molar-refractivity contribution in [2.75, 3.05) is 6.61 Å². The number of alkyl halides is 3. The summed E-state index contributed by atoms with van der Waals surface area (Å²) < 4.78 is 45.2. The second kappa shape index (κ2) is 5.71. The molecule has 0 aliphatic heterocycles. The van der Waals surface area contributed by atoms with Gasteiger partial charge in [-0.3, -0.25) is 0 Å². The number of hydrogen-bond donors (Lipinski definition) is 1. The van der Waals surface area contributed by atoms with Crippen molar-refractivity contribution in [3.8, 4) is 0 Å². The van der Waals surface area contributed by atoms with Crippen LogP contribution < -0.4 is 5.32 Å². The first kappa shape index (κ1) is 15.0. The maximum Gasteiger partial charge on any atom is 0.411 e. The van der Waals surface area contributed by atoms with E-state index in [0.717, 1.165) is 0 Å². The Labute approximate surface area is 104 Å². The third-order valence-electron chi connectivity index (χ3n) is 1.88. The zero-order valence-corrected chi connectivity index (χ0v) is 10.6. The molecule has 0 atom stereocenters. The number of nitrogens with one attached hydrogen (secondary N) is 1. The van der Waals surface area contributed by atoms with Gasteiger partial charge in [0.2, 0.25) is 5.89 Å². The van der Waals surface area contributed by atoms with Gasteiger partial charge in [0.05, 0.1) is 12.7 Å². The van der Waals surface area contributed by atoms with Crippen LogP contribution >= 0.6 is 0 Å². The molecule has 104 valence electrons. The molecule has 0 bridgehead atoms. The summed E-state index contributed by atoms with van der Waals surface area (Å²) in [6.07, 6.45) is -2.95. The summed E-state index contributed by atoms with van der Waals surface area (Å²) in [5.41, 5.74) is -0.0819. The number of hydrogen-bond acceptors (Lipinski definition) is 4. The molecule has 0 spiro atoms. The van der Waals surface area contributed by atoms with Crippen LogP contribution in [-0.2, 0) is 17.9 Å². The van der Waals surface area contributed by atoms with Crippen LogP contribution in [0.15, 0.2) is 10.6 Å². The van der Waals surface area contributed by atoms with Gasteiger partial charge in [0.25, 0.3) is 0 Å². The molecule has 1 rings (SSSR count). The average molecular weight is 266 g/mol. The van der Waals surface area contributed by atoms with Gasteiger partial charge in [-0.15, -0.1) is 0 Å². The molecule has 0 saturated carbocycles. The van der Waals surface area contributed by atoms with Crippen LogP contribution in [0.4, 0.5) is 13.2 Å². The standard InChI is InChI=1S/C11H17F3N2O2/c1-10(2,3)16-5-9-15-4-8(18-9)6-17-7-11(12,13)14/h4,16H,5-7H2,1-3H3. The Morgan fingerprint density at radius 3 is 2.56 bits per heavy atom. The fourth-order valence-electron chi connectivity index (χ4n) is 1.10. The van der Waals surface area contributed by atoms with Crippen LogP contribution in [0.1, 0.15) is 32.4 Å². The molecule has 0 radical (unpaired) electrons. The molecule has 0 fully saturated rings. The minimum absolute atomic E-state index is 0.0819. The lowest BCUT2D eigenvalue weighted by Crippen LogP contribution is -2.35. The van der Waals surface area contributed by atoms with E-state index in [4.69, 9.17) is 4.42 Å². The zero-order chi connectivity index (χ0) is 13.8. The van der Waals surface area contributed by atoms with Crippen LogP contribution in [0.5, 0.6) is 0 Å². The highest BCUT2D eigenvalue weighted by molar-refractivity contribution is 4.93. The highest BCUT2D eigenvalue weighted by atomic mass is 19.4. The second-order valence-electron chi connectivity index (χ2n) is 4.93. The maximum atomic E-state index is 11.8. The van der Waals surface area contributed by atoms with Crippen molar-refractivity contribution < 1.29 is 22.3 Å². The van der Waals surface area contributed by atoms with Crippen LogP contribution in [0.2, 0.25) is 0 Å². The SMILES string of the molecule is CC(C)(C)NCc1ncc(COCC(F)(F)F)o1. The van der Waals surface area contributed by atoms with Gasteiger partial charge < -0.3 is 14.5 Å². The molecule has 1 N–H and O–H groups in total. The van der Waals surface area contributed by atoms with Crippen LogP contribution in [0, 0.1) is 0 Å². The molecule has 0 aromatic carbocycles. The smallest absolute Gasteiger partial charge is 0.411 e. The minimum Gasteiger partial charge on any atom is -0.442 e. The summed E-state index contributed by atoms with van der Waals surface area (Å²) in [5, 5.41) is 3.15. The second-order valence-corrected chi connectivity index (χ2v) is 4.93. The molecule has 1 aromatic rings. The summed E-state index contributed by atoms with van der Waals surface area (Å²) >= 11 is 0. The first-order valence-corrected chi connectivity index (χ1v) is 5.49. The van der Waals surface area contributed by atoms with Crippen molar-refractivity contribution in [3.63, 3.8) is 0 Å². The Hall–Kier alpha value is -1.08. The Kier molecular flexibility index (Phi) is 4.75. The Bertz CT molecular complexity index is 369. The number of halogens is 3. The van der Waals surface area contributed by atoms with Gasteiger partial charge in [0, 0.05) is 5.54 Å². The Morgan fingerprint density at radius 1 is 1.33 bits per heavy atom. The van der Waals surface area contributed by atoms with E-state index in [9.17, 15) is 13.2 Å². The van der Waals surface area contributed by atoms with Gasteiger partial charge in [-0.2, -0.15) is 13.2 Å². The number of nitrogens with zero attached hydrogens (tertiary/aromatic N) is 1. The summed E-state index contributed by atoms with van der Waals surface area (Å²) in [6, 6.07) is 0. The van der Waals surface area contributed by atoms with Crippen molar-refractivity contribution in [1.82, 2.24) is 10.3 Å². The molecule has 0 amide bonds. The third-order valence-corrected chi connectivity index (χ3v) is 1.88. The summed E-state index contributed by atoms with van der Waals surface area (Å²) in [7, 11) is 0. The van der Waals surface area contributed by atoms with Crippen LogP contribution in [-0.4, -0.2) is 23.3 Å². The fourth-order valence-corrected chi connectivity index (χ4v) is 1.10. The van der Waals surface area contributed by atoms with Crippen molar-refractivity contribution in [1.29, 1.82) is 0 Å². The van der Waals surface area contributed by atoms with Gasteiger partial charge in [-0.25, -0.2) is 4.98 Å². The highest BCUT2D eigenvalue weighted by Gasteiger charge is 2.27. The zero-order valence-electron chi connectivity index (χ0n) is 10.6.